The fraction of sp³-hybridized carbons (Fsp3) is 0.391. The molecule has 0 N–H and O–H groups in total. The Balaban J connectivity index is 1.48. The van der Waals surface area contributed by atoms with Crippen molar-refractivity contribution in [1.29, 1.82) is 0 Å². The predicted octanol–water partition coefficient (Wildman–Crippen LogP) is 5.82. The maximum absolute atomic E-state index is 5.51. The summed E-state index contributed by atoms with van der Waals surface area (Å²) in [6.07, 6.45) is 1.08. The van der Waals surface area contributed by atoms with E-state index in [1.165, 1.54) is 24.2 Å². The average molecular weight is 440 g/mol. The number of benzene rings is 2. The van der Waals surface area contributed by atoms with Gasteiger partial charge >= 0.3 is 0 Å². The first-order valence-corrected chi connectivity index (χ1v) is 10.7. The van der Waals surface area contributed by atoms with Crippen LogP contribution in [0.25, 0.3) is 22.8 Å². The summed E-state index contributed by atoms with van der Waals surface area (Å²) in [6.45, 7) is 10.1. The van der Waals surface area contributed by atoms with Crippen LogP contribution in [0.1, 0.15) is 31.9 Å². The third-order valence-electron chi connectivity index (χ3n) is 5.12. The number of likely N-dealkylation sites (tertiary alicyclic amines) is 1. The molecule has 0 saturated carbocycles. The molecule has 0 unspecified atom stereocenters. The second-order valence-corrected chi connectivity index (χ2v) is 9.18. The fourth-order valence-electron chi connectivity index (χ4n) is 3.73. The summed E-state index contributed by atoms with van der Waals surface area (Å²) in [7, 11) is 0. The Bertz CT molecular complexity index is 943. The molecule has 4 nitrogen and oxygen atoms in total. The molecule has 0 amide bonds. The van der Waals surface area contributed by atoms with Crippen molar-refractivity contribution in [2.75, 3.05) is 13.1 Å². The molecule has 1 aliphatic heterocycles. The van der Waals surface area contributed by atoms with Crippen LogP contribution in [0, 0.1) is 11.8 Å². The van der Waals surface area contributed by atoms with E-state index in [0.717, 1.165) is 34.5 Å². The van der Waals surface area contributed by atoms with Crippen molar-refractivity contribution in [3.05, 3.63) is 58.1 Å². The van der Waals surface area contributed by atoms with Crippen LogP contribution in [0.3, 0.4) is 0 Å². The molecule has 146 valence electrons. The first kappa shape index (κ1) is 19.3. The van der Waals surface area contributed by atoms with Crippen molar-refractivity contribution in [1.82, 2.24) is 15.0 Å². The lowest BCUT2D eigenvalue weighted by Gasteiger charge is -2.37. The highest BCUT2D eigenvalue weighted by molar-refractivity contribution is 9.10. The third kappa shape index (κ3) is 4.36. The van der Waals surface area contributed by atoms with Crippen molar-refractivity contribution >= 4 is 15.9 Å². The molecule has 1 aliphatic rings. The van der Waals surface area contributed by atoms with Gasteiger partial charge < -0.3 is 4.52 Å². The number of halogens is 1. The highest BCUT2D eigenvalue weighted by atomic mass is 79.9. The molecule has 5 heteroatoms. The number of hydrogen-bond acceptors (Lipinski definition) is 4. The molecule has 0 spiro atoms. The zero-order valence-corrected chi connectivity index (χ0v) is 18.2. The Morgan fingerprint density at radius 3 is 2.46 bits per heavy atom. The smallest absolute Gasteiger partial charge is 0.258 e. The van der Waals surface area contributed by atoms with Gasteiger partial charge in [0.25, 0.3) is 5.89 Å². The van der Waals surface area contributed by atoms with E-state index in [9.17, 15) is 0 Å². The third-order valence-corrected chi connectivity index (χ3v) is 5.85. The molecule has 28 heavy (non-hydrogen) atoms. The lowest BCUT2D eigenvalue weighted by Crippen LogP contribution is -2.44. The first-order valence-electron chi connectivity index (χ1n) is 9.92. The summed E-state index contributed by atoms with van der Waals surface area (Å²) >= 11 is 3.71. The quantitative estimate of drug-likeness (QED) is 0.485. The van der Waals surface area contributed by atoms with Gasteiger partial charge in [-0.05, 0) is 47.6 Å². The lowest BCUT2D eigenvalue weighted by atomic mass is 10.0. The van der Waals surface area contributed by atoms with Gasteiger partial charge in [0.2, 0.25) is 5.82 Å². The highest BCUT2D eigenvalue weighted by Gasteiger charge is 2.23. The van der Waals surface area contributed by atoms with Gasteiger partial charge in [0.1, 0.15) is 0 Å². The van der Waals surface area contributed by atoms with Gasteiger partial charge in [-0.1, -0.05) is 66.1 Å². The zero-order chi connectivity index (χ0) is 19.7. The molecule has 0 atom stereocenters. The molecule has 0 aliphatic carbocycles. The average Bonchev–Trinajstić information content (AvgIpc) is 3.12. The van der Waals surface area contributed by atoms with E-state index < -0.39 is 0 Å². The summed E-state index contributed by atoms with van der Waals surface area (Å²) in [5, 5.41) is 4.19. The highest BCUT2D eigenvalue weighted by Crippen LogP contribution is 2.29. The number of aromatic nitrogens is 2. The molecule has 1 aromatic heterocycles. The zero-order valence-electron chi connectivity index (χ0n) is 16.7. The molecule has 1 fully saturated rings. The molecule has 3 aromatic rings. The standard InChI is InChI=1S/C23H26BrN3O/c1-15(2)10-17-4-6-18(7-5-17)23-25-22(26-28-23)19-8-9-20(21(24)11-19)14-27-12-16(3)13-27/h4-9,11,15-16H,10,12-14H2,1-3H3. The summed E-state index contributed by atoms with van der Waals surface area (Å²) in [5.41, 5.74) is 4.53. The maximum Gasteiger partial charge on any atom is 0.258 e. The van der Waals surface area contributed by atoms with Crippen LogP contribution in [0.4, 0.5) is 0 Å². The van der Waals surface area contributed by atoms with E-state index in [0.29, 0.717) is 17.6 Å². The molecular weight excluding hydrogens is 414 g/mol. The molecule has 0 radical (unpaired) electrons. The van der Waals surface area contributed by atoms with E-state index in [2.05, 4.69) is 94.2 Å². The minimum absolute atomic E-state index is 0.556. The van der Waals surface area contributed by atoms with Crippen LogP contribution in [0.5, 0.6) is 0 Å². The van der Waals surface area contributed by atoms with Crippen molar-refractivity contribution < 1.29 is 4.52 Å². The van der Waals surface area contributed by atoms with E-state index in [-0.39, 0.29) is 0 Å². The van der Waals surface area contributed by atoms with Gasteiger partial charge in [-0.3, -0.25) is 4.90 Å². The Morgan fingerprint density at radius 2 is 1.82 bits per heavy atom. The first-order chi connectivity index (χ1) is 13.5. The van der Waals surface area contributed by atoms with E-state index in [1.54, 1.807) is 0 Å². The monoisotopic (exact) mass is 439 g/mol. The second-order valence-electron chi connectivity index (χ2n) is 8.32. The van der Waals surface area contributed by atoms with Gasteiger partial charge in [0.15, 0.2) is 0 Å². The minimum atomic E-state index is 0.556. The summed E-state index contributed by atoms with van der Waals surface area (Å²) in [5.74, 6) is 2.63. The van der Waals surface area contributed by atoms with Crippen LogP contribution in [-0.4, -0.2) is 28.1 Å². The van der Waals surface area contributed by atoms with Crippen molar-refractivity contribution in [2.45, 2.75) is 33.7 Å². The van der Waals surface area contributed by atoms with E-state index in [1.807, 2.05) is 0 Å². The van der Waals surface area contributed by atoms with E-state index >= 15 is 0 Å². The Labute approximate surface area is 175 Å². The van der Waals surface area contributed by atoms with Gasteiger partial charge in [-0.15, -0.1) is 0 Å². The SMILES string of the molecule is CC(C)Cc1ccc(-c2nc(-c3ccc(CN4CC(C)C4)c(Br)c3)no2)cc1. The van der Waals surface area contributed by atoms with Gasteiger partial charge in [0, 0.05) is 35.2 Å². The Kier molecular flexibility index (Phi) is 5.65. The Morgan fingerprint density at radius 1 is 1.11 bits per heavy atom. The van der Waals surface area contributed by atoms with E-state index in [4.69, 9.17) is 4.52 Å². The van der Waals surface area contributed by atoms with Crippen molar-refractivity contribution in [3.8, 4) is 22.8 Å². The maximum atomic E-state index is 5.51. The van der Waals surface area contributed by atoms with Crippen LogP contribution in [-0.2, 0) is 13.0 Å². The van der Waals surface area contributed by atoms with Crippen LogP contribution in [0.2, 0.25) is 0 Å². The normalized spacial score (nSPS) is 15.2. The van der Waals surface area contributed by atoms with Crippen molar-refractivity contribution in [3.63, 3.8) is 0 Å². The lowest BCUT2D eigenvalue weighted by molar-refractivity contribution is 0.104. The number of nitrogens with zero attached hydrogens (tertiary/aromatic N) is 3. The fourth-order valence-corrected chi connectivity index (χ4v) is 4.23. The van der Waals surface area contributed by atoms with Gasteiger partial charge in [0.05, 0.1) is 0 Å². The molecule has 4 rings (SSSR count). The van der Waals surface area contributed by atoms with Crippen LogP contribution in [0.15, 0.2) is 51.5 Å². The second kappa shape index (κ2) is 8.18. The molecular formula is C23H26BrN3O. The molecule has 2 aromatic carbocycles. The molecule has 0 bridgehead atoms. The summed E-state index contributed by atoms with van der Waals surface area (Å²) in [4.78, 5) is 7.06. The number of rotatable bonds is 6. The summed E-state index contributed by atoms with van der Waals surface area (Å²) < 4.78 is 6.61. The topological polar surface area (TPSA) is 42.2 Å². The van der Waals surface area contributed by atoms with Gasteiger partial charge in [-0.2, -0.15) is 4.98 Å². The number of hydrogen-bond donors (Lipinski definition) is 0. The van der Waals surface area contributed by atoms with Crippen molar-refractivity contribution in [2.24, 2.45) is 11.8 Å². The largest absolute Gasteiger partial charge is 0.334 e. The van der Waals surface area contributed by atoms with Crippen LogP contribution >= 0.6 is 15.9 Å². The van der Waals surface area contributed by atoms with Gasteiger partial charge in [-0.25, -0.2) is 0 Å². The van der Waals surface area contributed by atoms with Crippen LogP contribution < -0.4 is 0 Å². The molecule has 2 heterocycles. The predicted molar refractivity (Wildman–Crippen MR) is 116 cm³/mol. The minimum Gasteiger partial charge on any atom is -0.334 e. The summed E-state index contributed by atoms with van der Waals surface area (Å²) in [6, 6.07) is 14.7. The molecule has 1 saturated heterocycles. The Hall–Kier alpha value is -1.98.